The molecule has 0 aliphatic rings. The lowest BCUT2D eigenvalue weighted by atomic mass is 10.2. The molecule has 0 radical (unpaired) electrons. The monoisotopic (exact) mass is 470 g/mol. The molecule has 0 saturated carbocycles. The molecule has 1 amide bonds. The molecule has 0 aromatic heterocycles. The Balaban J connectivity index is 1.92. The van der Waals surface area contributed by atoms with Gasteiger partial charge in [-0.1, -0.05) is 6.07 Å². The highest BCUT2D eigenvalue weighted by atomic mass is 32.2. The van der Waals surface area contributed by atoms with E-state index in [1.54, 1.807) is 0 Å². The van der Waals surface area contributed by atoms with Crippen LogP contribution in [0.2, 0.25) is 0 Å². The third-order valence-corrected chi connectivity index (χ3v) is 6.07. The number of hydrogen-bond acceptors (Lipinski definition) is 3. The molecule has 0 aliphatic carbocycles. The van der Waals surface area contributed by atoms with Gasteiger partial charge in [-0.25, -0.2) is 17.2 Å². The third-order valence-electron chi connectivity index (χ3n) is 4.28. The molecule has 0 unspecified atom stereocenters. The van der Waals surface area contributed by atoms with Gasteiger partial charge in [0.05, 0.1) is 16.1 Å². The molecule has 0 aliphatic heterocycles. The lowest BCUT2D eigenvalue weighted by Crippen LogP contribution is -2.38. The van der Waals surface area contributed by atoms with Gasteiger partial charge in [0.25, 0.3) is 10.0 Å². The Morgan fingerprint density at radius 1 is 0.875 bits per heavy atom. The second-order valence-electron chi connectivity index (χ2n) is 6.57. The molecule has 5 nitrogen and oxygen atoms in total. The maximum Gasteiger partial charge on any atom is 0.416 e. The first-order chi connectivity index (χ1) is 15.0. The van der Waals surface area contributed by atoms with Crippen molar-refractivity contribution >= 4 is 27.3 Å². The van der Waals surface area contributed by atoms with Gasteiger partial charge in [-0.05, 0) is 66.7 Å². The number of halogens is 5. The number of amides is 1. The number of nitrogens with zero attached hydrogens (tertiary/aromatic N) is 1. The summed E-state index contributed by atoms with van der Waals surface area (Å²) >= 11 is 0. The van der Waals surface area contributed by atoms with Gasteiger partial charge in [0.1, 0.15) is 18.2 Å². The summed E-state index contributed by atoms with van der Waals surface area (Å²) in [6.07, 6.45) is -4.63. The van der Waals surface area contributed by atoms with E-state index in [1.165, 1.54) is 6.07 Å². The number of sulfonamides is 1. The zero-order valence-electron chi connectivity index (χ0n) is 16.1. The fourth-order valence-electron chi connectivity index (χ4n) is 2.76. The molecule has 0 fully saturated rings. The molecule has 3 rings (SSSR count). The summed E-state index contributed by atoms with van der Waals surface area (Å²) < 4.78 is 92.0. The molecule has 0 saturated heterocycles. The summed E-state index contributed by atoms with van der Waals surface area (Å²) in [6, 6.07) is 11.8. The third kappa shape index (κ3) is 5.41. The van der Waals surface area contributed by atoms with E-state index in [-0.39, 0.29) is 16.3 Å². The smallest absolute Gasteiger partial charge is 0.325 e. The van der Waals surface area contributed by atoms with Crippen molar-refractivity contribution in [3.8, 4) is 0 Å². The van der Waals surface area contributed by atoms with Crippen molar-refractivity contribution in [3.05, 3.63) is 90.0 Å². The van der Waals surface area contributed by atoms with Crippen LogP contribution >= 0.6 is 0 Å². The number of carbonyl (C=O) groups is 1. The van der Waals surface area contributed by atoms with Crippen molar-refractivity contribution in [2.75, 3.05) is 16.2 Å². The molecule has 0 spiro atoms. The van der Waals surface area contributed by atoms with E-state index < -0.39 is 45.8 Å². The summed E-state index contributed by atoms with van der Waals surface area (Å²) in [5, 5.41) is 2.22. The number of rotatable bonds is 6. The van der Waals surface area contributed by atoms with Gasteiger partial charge in [-0.3, -0.25) is 9.10 Å². The summed E-state index contributed by atoms with van der Waals surface area (Å²) in [5.41, 5.74) is -1.26. The maximum atomic E-state index is 13.3. The Bertz CT molecular complexity index is 1210. The Kier molecular flexibility index (Phi) is 6.49. The molecule has 0 heterocycles. The van der Waals surface area contributed by atoms with Crippen LogP contribution in [0.3, 0.4) is 0 Å². The standard InChI is InChI=1S/C21H15F5N2O3S/c22-15-4-8-18(9-5-15)28(32(30,31)19-10-6-16(23)7-11-19)13-20(29)27-17-3-1-2-14(12-17)21(24,25)26/h1-12H,13H2,(H,27,29). The summed E-state index contributed by atoms with van der Waals surface area (Å²) in [7, 11) is -4.40. The maximum absolute atomic E-state index is 13.3. The van der Waals surface area contributed by atoms with Gasteiger partial charge in [0.2, 0.25) is 5.91 Å². The number of hydrogen-bond donors (Lipinski definition) is 1. The molecule has 168 valence electrons. The van der Waals surface area contributed by atoms with Crippen molar-refractivity contribution in [2.45, 2.75) is 11.1 Å². The van der Waals surface area contributed by atoms with E-state index in [9.17, 15) is 35.2 Å². The molecule has 3 aromatic rings. The number of nitrogens with one attached hydrogen (secondary N) is 1. The van der Waals surface area contributed by atoms with Crippen molar-refractivity contribution in [1.29, 1.82) is 0 Å². The largest absolute Gasteiger partial charge is 0.416 e. The van der Waals surface area contributed by atoms with E-state index in [1.807, 2.05) is 0 Å². The van der Waals surface area contributed by atoms with Gasteiger partial charge >= 0.3 is 6.18 Å². The first kappa shape index (κ1) is 23.2. The Labute approximate surface area is 180 Å². The van der Waals surface area contributed by atoms with Crippen LogP contribution in [0, 0.1) is 11.6 Å². The predicted octanol–water partition coefficient (Wildman–Crippen LogP) is 4.82. The molecule has 11 heteroatoms. The van der Waals surface area contributed by atoms with Crippen LogP contribution < -0.4 is 9.62 Å². The molecule has 3 aromatic carbocycles. The summed E-state index contributed by atoms with van der Waals surface area (Å²) in [5.74, 6) is -2.28. The van der Waals surface area contributed by atoms with E-state index >= 15 is 0 Å². The van der Waals surface area contributed by atoms with Crippen LogP contribution in [0.15, 0.2) is 77.7 Å². The minimum absolute atomic E-state index is 0.0742. The van der Waals surface area contributed by atoms with Crippen LogP contribution in [0.25, 0.3) is 0 Å². The zero-order valence-corrected chi connectivity index (χ0v) is 16.9. The van der Waals surface area contributed by atoms with Crippen LogP contribution in [-0.2, 0) is 21.0 Å². The quantitative estimate of drug-likeness (QED) is 0.526. The van der Waals surface area contributed by atoms with E-state index in [4.69, 9.17) is 0 Å². The lowest BCUT2D eigenvalue weighted by Gasteiger charge is -2.24. The lowest BCUT2D eigenvalue weighted by molar-refractivity contribution is -0.137. The predicted molar refractivity (Wildman–Crippen MR) is 107 cm³/mol. The van der Waals surface area contributed by atoms with Crippen LogP contribution in [-0.4, -0.2) is 20.9 Å². The SMILES string of the molecule is O=C(CN(c1ccc(F)cc1)S(=O)(=O)c1ccc(F)cc1)Nc1cccc(C(F)(F)F)c1. The van der Waals surface area contributed by atoms with E-state index in [0.29, 0.717) is 10.4 Å². The highest BCUT2D eigenvalue weighted by Crippen LogP contribution is 2.31. The fraction of sp³-hybridized carbons (Fsp3) is 0.0952. The second kappa shape index (κ2) is 8.95. The van der Waals surface area contributed by atoms with Crippen LogP contribution in [0.5, 0.6) is 0 Å². The summed E-state index contributed by atoms with van der Waals surface area (Å²) in [6.45, 7) is -0.832. The fourth-order valence-corrected chi connectivity index (χ4v) is 4.18. The van der Waals surface area contributed by atoms with Gasteiger partial charge < -0.3 is 5.32 Å². The molecule has 0 bridgehead atoms. The van der Waals surface area contributed by atoms with Crippen LogP contribution in [0.4, 0.5) is 33.3 Å². The molecule has 0 atom stereocenters. The number of benzene rings is 3. The van der Waals surface area contributed by atoms with Gasteiger partial charge in [0, 0.05) is 5.69 Å². The van der Waals surface area contributed by atoms with Crippen molar-refractivity contribution in [3.63, 3.8) is 0 Å². The van der Waals surface area contributed by atoms with Crippen LogP contribution in [0.1, 0.15) is 5.56 Å². The average Bonchev–Trinajstić information content (AvgIpc) is 2.72. The van der Waals surface area contributed by atoms with Crippen molar-refractivity contribution < 1.29 is 35.2 Å². The number of alkyl halides is 3. The average molecular weight is 470 g/mol. The van der Waals surface area contributed by atoms with Crippen molar-refractivity contribution in [2.24, 2.45) is 0 Å². The molecular weight excluding hydrogens is 455 g/mol. The van der Waals surface area contributed by atoms with Gasteiger partial charge in [0.15, 0.2) is 0 Å². The minimum Gasteiger partial charge on any atom is -0.325 e. The molecule has 32 heavy (non-hydrogen) atoms. The first-order valence-electron chi connectivity index (χ1n) is 8.98. The van der Waals surface area contributed by atoms with E-state index in [0.717, 1.165) is 60.7 Å². The zero-order chi connectivity index (χ0) is 23.5. The normalized spacial score (nSPS) is 11.8. The molecular formula is C21H15F5N2O3S. The first-order valence-corrected chi connectivity index (χ1v) is 10.4. The van der Waals surface area contributed by atoms with Gasteiger partial charge in [-0.2, -0.15) is 13.2 Å². The Morgan fingerprint density at radius 2 is 1.44 bits per heavy atom. The Hall–Kier alpha value is -3.47. The van der Waals surface area contributed by atoms with Gasteiger partial charge in [-0.15, -0.1) is 0 Å². The number of carbonyl (C=O) groups excluding carboxylic acids is 1. The van der Waals surface area contributed by atoms with E-state index in [2.05, 4.69) is 5.32 Å². The number of anilines is 2. The second-order valence-corrected chi connectivity index (χ2v) is 8.43. The topological polar surface area (TPSA) is 66.5 Å². The Morgan fingerprint density at radius 3 is 2.00 bits per heavy atom. The highest BCUT2D eigenvalue weighted by molar-refractivity contribution is 7.92. The van der Waals surface area contributed by atoms with Crippen molar-refractivity contribution in [1.82, 2.24) is 0 Å². The molecule has 1 N–H and O–H groups in total. The highest BCUT2D eigenvalue weighted by Gasteiger charge is 2.31. The summed E-state index contributed by atoms with van der Waals surface area (Å²) in [4.78, 5) is 12.2. The minimum atomic E-state index is -4.63.